The summed E-state index contributed by atoms with van der Waals surface area (Å²) < 4.78 is 0. The molecule has 150 valence electrons. The van der Waals surface area contributed by atoms with E-state index in [1.54, 1.807) is 0 Å². The summed E-state index contributed by atoms with van der Waals surface area (Å²) in [6, 6.07) is 15.6. The van der Waals surface area contributed by atoms with E-state index in [1.165, 1.54) is 5.56 Å². The van der Waals surface area contributed by atoms with Crippen LogP contribution in [0.5, 0.6) is 0 Å². The minimum absolute atomic E-state index is 0.0365. The molecule has 1 aromatic heterocycles. The summed E-state index contributed by atoms with van der Waals surface area (Å²) in [7, 11) is 0. The van der Waals surface area contributed by atoms with E-state index in [4.69, 9.17) is 5.26 Å². The number of nitrogens with zero attached hydrogens (tertiary/aromatic N) is 3. The van der Waals surface area contributed by atoms with Gasteiger partial charge in [0.2, 0.25) is 0 Å². The molecule has 30 heavy (non-hydrogen) atoms. The van der Waals surface area contributed by atoms with Crippen molar-refractivity contribution in [1.29, 1.82) is 5.26 Å². The van der Waals surface area contributed by atoms with Crippen molar-refractivity contribution in [3.63, 3.8) is 0 Å². The zero-order valence-corrected chi connectivity index (χ0v) is 17.5. The van der Waals surface area contributed by atoms with Crippen molar-refractivity contribution in [2.45, 2.75) is 26.7 Å². The molecule has 0 atom stereocenters. The molecular formula is C25H24N4O. The summed E-state index contributed by atoms with van der Waals surface area (Å²) in [4.78, 5) is 22.9. The van der Waals surface area contributed by atoms with Gasteiger partial charge in [-0.1, -0.05) is 24.8 Å². The van der Waals surface area contributed by atoms with E-state index in [2.05, 4.69) is 22.6 Å². The van der Waals surface area contributed by atoms with Crippen LogP contribution in [0.4, 0.5) is 0 Å². The van der Waals surface area contributed by atoms with E-state index in [-0.39, 0.29) is 5.91 Å². The van der Waals surface area contributed by atoms with Gasteiger partial charge in [0.15, 0.2) is 0 Å². The van der Waals surface area contributed by atoms with Gasteiger partial charge in [-0.2, -0.15) is 5.26 Å². The van der Waals surface area contributed by atoms with Crippen LogP contribution in [0.15, 0.2) is 49.0 Å². The smallest absolute Gasteiger partial charge is 0.253 e. The van der Waals surface area contributed by atoms with E-state index < -0.39 is 0 Å². The number of benzene rings is 2. The number of carbonyl (C=O) groups excluding carboxylic acids is 1. The van der Waals surface area contributed by atoms with Gasteiger partial charge in [-0.05, 0) is 61.7 Å². The standard InChI is InChI=1S/C25H24N4O/c1-15(2)24-27-17(4)23(28-24)22-11-20(8-5-16(22)3)25(30)29-13-21(14-29)19-9-6-18(12-26)7-10-19/h5-11,21H,1,13-14H2,2-4H3,(H,27,28). The highest BCUT2D eigenvalue weighted by atomic mass is 16.2. The first-order chi connectivity index (χ1) is 14.4. The van der Waals surface area contributed by atoms with Gasteiger partial charge in [0.1, 0.15) is 5.82 Å². The number of hydrogen-bond acceptors (Lipinski definition) is 3. The van der Waals surface area contributed by atoms with E-state index in [9.17, 15) is 4.79 Å². The summed E-state index contributed by atoms with van der Waals surface area (Å²) in [5.41, 5.74) is 7.24. The van der Waals surface area contributed by atoms with Crippen molar-refractivity contribution in [2.24, 2.45) is 0 Å². The first kappa shape index (κ1) is 19.7. The first-order valence-corrected chi connectivity index (χ1v) is 10.00. The van der Waals surface area contributed by atoms with Gasteiger partial charge in [-0.25, -0.2) is 4.98 Å². The maximum absolute atomic E-state index is 13.0. The molecule has 1 N–H and O–H groups in total. The highest BCUT2D eigenvalue weighted by molar-refractivity contribution is 5.96. The maximum Gasteiger partial charge on any atom is 0.253 e. The topological polar surface area (TPSA) is 72.8 Å². The molecule has 2 aromatic carbocycles. The normalized spacial score (nSPS) is 13.6. The second kappa shape index (κ2) is 7.64. The largest absolute Gasteiger partial charge is 0.342 e. The number of imidazole rings is 1. The fourth-order valence-corrected chi connectivity index (χ4v) is 3.80. The zero-order chi connectivity index (χ0) is 21.4. The van der Waals surface area contributed by atoms with Crippen molar-refractivity contribution < 1.29 is 4.79 Å². The van der Waals surface area contributed by atoms with Crippen LogP contribution < -0.4 is 0 Å². The van der Waals surface area contributed by atoms with Gasteiger partial charge in [-0.3, -0.25) is 4.79 Å². The fourth-order valence-electron chi connectivity index (χ4n) is 3.80. The lowest BCUT2D eigenvalue weighted by Gasteiger charge is -2.39. The Hall–Kier alpha value is -3.65. The number of likely N-dealkylation sites (tertiary alicyclic amines) is 1. The number of nitrogens with one attached hydrogen (secondary N) is 1. The zero-order valence-electron chi connectivity index (χ0n) is 17.5. The molecule has 5 heteroatoms. The number of amides is 1. The Labute approximate surface area is 176 Å². The fraction of sp³-hybridized carbons (Fsp3) is 0.240. The molecule has 0 aliphatic carbocycles. The third-order valence-electron chi connectivity index (χ3n) is 5.71. The van der Waals surface area contributed by atoms with Crippen LogP contribution in [0.3, 0.4) is 0 Å². The molecule has 1 fully saturated rings. The van der Waals surface area contributed by atoms with Crippen LogP contribution in [0.25, 0.3) is 16.8 Å². The monoisotopic (exact) mass is 396 g/mol. The number of H-pyrrole nitrogens is 1. The van der Waals surface area contributed by atoms with Crippen LogP contribution in [-0.4, -0.2) is 33.9 Å². The van der Waals surface area contributed by atoms with Gasteiger partial charge in [-0.15, -0.1) is 0 Å². The average Bonchev–Trinajstić information content (AvgIpc) is 3.09. The number of aromatic nitrogens is 2. The number of aryl methyl sites for hydroxylation is 2. The molecule has 2 heterocycles. The van der Waals surface area contributed by atoms with Crippen molar-refractivity contribution in [2.75, 3.05) is 13.1 Å². The van der Waals surface area contributed by atoms with Crippen molar-refractivity contribution >= 4 is 11.5 Å². The number of hydrogen-bond donors (Lipinski definition) is 1. The molecule has 0 saturated carbocycles. The Balaban J connectivity index is 1.52. The summed E-state index contributed by atoms with van der Waals surface area (Å²) in [5, 5.41) is 8.94. The molecule has 0 spiro atoms. The Morgan fingerprint density at radius 2 is 1.90 bits per heavy atom. The predicted octanol–water partition coefficient (Wildman–Crippen LogP) is 4.84. The highest BCUT2D eigenvalue weighted by Crippen LogP contribution is 2.31. The van der Waals surface area contributed by atoms with Crippen molar-refractivity contribution in [1.82, 2.24) is 14.9 Å². The Bertz CT molecular complexity index is 1170. The van der Waals surface area contributed by atoms with Crippen LogP contribution in [-0.2, 0) is 0 Å². The van der Waals surface area contributed by atoms with Gasteiger partial charge < -0.3 is 9.88 Å². The summed E-state index contributed by atoms with van der Waals surface area (Å²) >= 11 is 0. The quantitative estimate of drug-likeness (QED) is 0.686. The molecule has 1 aliphatic heterocycles. The number of allylic oxidation sites excluding steroid dienone is 1. The number of aromatic amines is 1. The molecule has 3 aromatic rings. The van der Waals surface area contributed by atoms with Gasteiger partial charge in [0, 0.05) is 35.8 Å². The minimum atomic E-state index is 0.0365. The molecule has 0 radical (unpaired) electrons. The van der Waals surface area contributed by atoms with Gasteiger partial charge in [0.05, 0.1) is 17.3 Å². The molecule has 4 rings (SSSR count). The van der Waals surface area contributed by atoms with Crippen LogP contribution in [0.2, 0.25) is 0 Å². The molecule has 0 bridgehead atoms. The van der Waals surface area contributed by atoms with Crippen LogP contribution >= 0.6 is 0 Å². The Kier molecular flexibility index (Phi) is 5.01. The van der Waals surface area contributed by atoms with Gasteiger partial charge in [0.25, 0.3) is 5.91 Å². The van der Waals surface area contributed by atoms with E-state index in [0.29, 0.717) is 30.1 Å². The third kappa shape index (κ3) is 3.53. The van der Waals surface area contributed by atoms with Crippen molar-refractivity contribution in [3.8, 4) is 17.3 Å². The lowest BCUT2D eigenvalue weighted by atomic mass is 9.90. The summed E-state index contributed by atoms with van der Waals surface area (Å²) in [6.07, 6.45) is 0. The maximum atomic E-state index is 13.0. The van der Waals surface area contributed by atoms with Gasteiger partial charge >= 0.3 is 0 Å². The lowest BCUT2D eigenvalue weighted by molar-refractivity contribution is 0.0602. The molecule has 1 saturated heterocycles. The molecule has 1 amide bonds. The second-order valence-electron chi connectivity index (χ2n) is 8.01. The second-order valence-corrected chi connectivity index (χ2v) is 8.01. The highest BCUT2D eigenvalue weighted by Gasteiger charge is 2.32. The average molecular weight is 396 g/mol. The van der Waals surface area contributed by atoms with E-state index in [1.807, 2.05) is 68.1 Å². The lowest BCUT2D eigenvalue weighted by Crippen LogP contribution is -2.48. The Morgan fingerprint density at radius 3 is 2.50 bits per heavy atom. The molecule has 0 unspecified atom stereocenters. The van der Waals surface area contributed by atoms with E-state index in [0.717, 1.165) is 33.9 Å². The summed E-state index contributed by atoms with van der Waals surface area (Å²) in [5.74, 6) is 1.12. The predicted molar refractivity (Wildman–Crippen MR) is 118 cm³/mol. The molecular weight excluding hydrogens is 372 g/mol. The van der Waals surface area contributed by atoms with E-state index >= 15 is 0 Å². The number of carbonyl (C=O) groups is 1. The SMILES string of the molecule is C=C(C)c1nc(-c2cc(C(=O)N3CC(c4ccc(C#N)cc4)C3)ccc2C)c(C)[nH]1. The molecule has 1 aliphatic rings. The van der Waals surface area contributed by atoms with Crippen LogP contribution in [0.1, 0.15) is 51.4 Å². The first-order valence-electron chi connectivity index (χ1n) is 10.00. The summed E-state index contributed by atoms with van der Waals surface area (Å²) in [6.45, 7) is 11.3. The number of nitriles is 1. The van der Waals surface area contributed by atoms with Crippen LogP contribution in [0, 0.1) is 25.2 Å². The minimum Gasteiger partial charge on any atom is -0.342 e. The third-order valence-corrected chi connectivity index (χ3v) is 5.71. The molecule has 5 nitrogen and oxygen atoms in total. The number of rotatable bonds is 4. The van der Waals surface area contributed by atoms with Crippen molar-refractivity contribution in [3.05, 3.63) is 82.8 Å². The Morgan fingerprint density at radius 1 is 1.20 bits per heavy atom.